The van der Waals surface area contributed by atoms with E-state index in [1.807, 2.05) is 23.1 Å². The van der Waals surface area contributed by atoms with Gasteiger partial charge in [0.05, 0.1) is 10.8 Å². The molecule has 4 rings (SSSR count). The van der Waals surface area contributed by atoms with Gasteiger partial charge in [0.1, 0.15) is 0 Å². The van der Waals surface area contributed by atoms with Gasteiger partial charge in [0.25, 0.3) is 5.91 Å². The van der Waals surface area contributed by atoms with Crippen molar-refractivity contribution in [3.63, 3.8) is 0 Å². The van der Waals surface area contributed by atoms with Gasteiger partial charge in [-0.05, 0) is 69.2 Å². The molecule has 2 aliphatic rings. The van der Waals surface area contributed by atoms with Gasteiger partial charge >= 0.3 is 0 Å². The first-order valence-electron chi connectivity index (χ1n) is 13.6. The Labute approximate surface area is 216 Å². The van der Waals surface area contributed by atoms with Crippen LogP contribution in [0.2, 0.25) is 0 Å². The van der Waals surface area contributed by atoms with Crippen molar-refractivity contribution in [1.82, 2.24) is 13.8 Å². The third-order valence-electron chi connectivity index (χ3n) is 8.09. The lowest BCUT2D eigenvalue weighted by atomic mass is 9.97. The molecule has 200 valence electrons. The number of hydrogen-bond donors (Lipinski definition) is 0. The Morgan fingerprint density at radius 3 is 2.50 bits per heavy atom. The molecular formula is C28H43N3O4S. The minimum atomic E-state index is -3.54. The highest BCUT2D eigenvalue weighted by Gasteiger charge is 2.33. The smallest absolute Gasteiger partial charge is 0.253 e. The number of aromatic nitrogens is 1. The highest BCUT2D eigenvalue weighted by molar-refractivity contribution is 7.90. The highest BCUT2D eigenvalue weighted by atomic mass is 32.2. The zero-order valence-electron chi connectivity index (χ0n) is 22.6. The SMILES string of the molecule is CCCC(CCOC)N1CCc2c(c3cc(C(=O)N4CCC(C)CC4)ccc3n2S(=O)(=O)C(C)C)C1. The summed E-state index contributed by atoms with van der Waals surface area (Å²) in [4.78, 5) is 17.8. The molecule has 3 heterocycles. The van der Waals surface area contributed by atoms with Crippen LogP contribution in [-0.4, -0.2) is 72.7 Å². The van der Waals surface area contributed by atoms with Crippen LogP contribution >= 0.6 is 0 Å². The molecule has 1 amide bonds. The standard InChI is InChI=1S/C28H43N3O4S/c1-6-7-23(13-17-35-5)30-16-12-27-25(19-30)24-18-22(28(32)29-14-10-21(4)11-15-29)8-9-26(24)31(27)36(33,34)20(2)3/h8-9,18,20-21,23H,6-7,10-17,19H2,1-5H3. The first-order valence-corrected chi connectivity index (χ1v) is 15.1. The van der Waals surface area contributed by atoms with Crippen LogP contribution < -0.4 is 0 Å². The van der Waals surface area contributed by atoms with Crippen molar-refractivity contribution < 1.29 is 17.9 Å². The van der Waals surface area contributed by atoms with E-state index in [4.69, 9.17) is 4.74 Å². The third kappa shape index (κ3) is 5.22. The van der Waals surface area contributed by atoms with Gasteiger partial charge in [0.15, 0.2) is 0 Å². The summed E-state index contributed by atoms with van der Waals surface area (Å²) in [5.41, 5.74) is 3.29. The molecule has 1 unspecified atom stereocenters. The van der Waals surface area contributed by atoms with E-state index in [1.54, 1.807) is 24.9 Å². The van der Waals surface area contributed by atoms with E-state index in [-0.39, 0.29) is 5.91 Å². The van der Waals surface area contributed by atoms with Crippen molar-refractivity contribution in [3.05, 3.63) is 35.0 Å². The molecule has 0 N–H and O–H groups in total. The number of hydrogen-bond acceptors (Lipinski definition) is 5. The van der Waals surface area contributed by atoms with E-state index >= 15 is 0 Å². The molecule has 1 fully saturated rings. The van der Waals surface area contributed by atoms with E-state index in [0.29, 0.717) is 42.6 Å². The number of ether oxygens (including phenoxy) is 1. The van der Waals surface area contributed by atoms with Gasteiger partial charge in [-0.1, -0.05) is 20.3 Å². The van der Waals surface area contributed by atoms with Gasteiger partial charge in [-0.15, -0.1) is 0 Å². The maximum Gasteiger partial charge on any atom is 0.253 e. The van der Waals surface area contributed by atoms with Crippen LogP contribution in [0.1, 0.15) is 81.4 Å². The molecule has 1 aromatic carbocycles. The normalized spacial score (nSPS) is 18.7. The zero-order valence-corrected chi connectivity index (χ0v) is 23.4. The topological polar surface area (TPSA) is 71.8 Å². The summed E-state index contributed by atoms with van der Waals surface area (Å²) in [5, 5.41) is 0.374. The van der Waals surface area contributed by atoms with Crippen LogP contribution in [0, 0.1) is 5.92 Å². The molecule has 1 atom stereocenters. The average molecular weight is 518 g/mol. The van der Waals surface area contributed by atoms with Gasteiger partial charge in [0, 0.05) is 69.0 Å². The van der Waals surface area contributed by atoms with Gasteiger partial charge < -0.3 is 9.64 Å². The van der Waals surface area contributed by atoms with Crippen LogP contribution in [0.3, 0.4) is 0 Å². The Hall–Kier alpha value is -1.90. The fourth-order valence-electron chi connectivity index (χ4n) is 5.78. The largest absolute Gasteiger partial charge is 0.385 e. The molecule has 0 aliphatic carbocycles. The number of carbonyl (C=O) groups excluding carboxylic acids is 1. The lowest BCUT2D eigenvalue weighted by molar-refractivity contribution is 0.0697. The van der Waals surface area contributed by atoms with Crippen LogP contribution in [0.5, 0.6) is 0 Å². The molecule has 1 saturated heterocycles. The van der Waals surface area contributed by atoms with Crippen LogP contribution in [0.15, 0.2) is 18.2 Å². The van der Waals surface area contributed by atoms with E-state index in [9.17, 15) is 13.2 Å². The molecule has 0 spiro atoms. The Kier molecular flexibility index (Phi) is 8.47. The molecule has 7 nitrogen and oxygen atoms in total. The van der Waals surface area contributed by atoms with Crippen LogP contribution in [-0.2, 0) is 27.7 Å². The predicted molar refractivity (Wildman–Crippen MR) is 145 cm³/mol. The second kappa shape index (κ2) is 11.2. The Balaban J connectivity index is 1.77. The molecule has 2 aromatic rings. The lowest BCUT2D eigenvalue weighted by Gasteiger charge is -2.35. The Morgan fingerprint density at radius 2 is 1.86 bits per heavy atom. The van der Waals surface area contributed by atoms with Gasteiger partial charge in [0.2, 0.25) is 10.0 Å². The molecule has 2 aliphatic heterocycles. The maximum atomic E-state index is 13.5. The van der Waals surface area contributed by atoms with Crippen molar-refractivity contribution >= 4 is 26.8 Å². The van der Waals surface area contributed by atoms with E-state index in [2.05, 4.69) is 18.7 Å². The van der Waals surface area contributed by atoms with Gasteiger partial charge in [-0.25, -0.2) is 12.4 Å². The summed E-state index contributed by atoms with van der Waals surface area (Å²) in [6.07, 6.45) is 5.87. The number of methoxy groups -OCH3 is 1. The summed E-state index contributed by atoms with van der Waals surface area (Å²) < 4.78 is 33.9. The molecule has 1 aromatic heterocycles. The fraction of sp³-hybridized carbons (Fsp3) is 0.679. The third-order valence-corrected chi connectivity index (χ3v) is 10.2. The number of amides is 1. The number of carbonyl (C=O) groups is 1. The first-order chi connectivity index (χ1) is 17.2. The Morgan fingerprint density at radius 1 is 1.14 bits per heavy atom. The summed E-state index contributed by atoms with van der Waals surface area (Å²) >= 11 is 0. The molecular weight excluding hydrogens is 474 g/mol. The number of benzene rings is 1. The predicted octanol–water partition coefficient (Wildman–Crippen LogP) is 4.66. The molecule has 8 heteroatoms. The van der Waals surface area contributed by atoms with Crippen molar-refractivity contribution in [2.45, 2.75) is 84.1 Å². The first kappa shape index (κ1) is 27.1. The molecule has 36 heavy (non-hydrogen) atoms. The van der Waals surface area contributed by atoms with Crippen molar-refractivity contribution in [2.75, 3.05) is 33.4 Å². The van der Waals surface area contributed by atoms with Crippen LogP contribution in [0.25, 0.3) is 10.9 Å². The fourth-order valence-corrected chi connectivity index (χ4v) is 7.14. The molecule has 0 bridgehead atoms. The summed E-state index contributed by atoms with van der Waals surface area (Å²) in [7, 11) is -1.80. The minimum absolute atomic E-state index is 0.0497. The monoisotopic (exact) mass is 517 g/mol. The summed E-state index contributed by atoms with van der Waals surface area (Å²) in [6, 6.07) is 6.01. The van der Waals surface area contributed by atoms with Gasteiger partial charge in [-0.2, -0.15) is 0 Å². The highest BCUT2D eigenvalue weighted by Crippen LogP contribution is 2.35. The summed E-state index contributed by atoms with van der Waals surface area (Å²) in [5.74, 6) is 0.701. The number of rotatable bonds is 9. The number of nitrogens with zero attached hydrogens (tertiary/aromatic N) is 3. The number of piperidine rings is 1. The van der Waals surface area contributed by atoms with E-state index in [1.165, 1.54) is 0 Å². The van der Waals surface area contributed by atoms with Crippen LogP contribution in [0.4, 0.5) is 0 Å². The zero-order chi connectivity index (χ0) is 26.0. The second-order valence-corrected chi connectivity index (χ2v) is 13.3. The van der Waals surface area contributed by atoms with Crippen molar-refractivity contribution in [3.8, 4) is 0 Å². The summed E-state index contributed by atoms with van der Waals surface area (Å²) in [6.45, 7) is 11.7. The Bertz CT molecular complexity index is 1180. The van der Waals surface area contributed by atoms with Crippen molar-refractivity contribution in [1.29, 1.82) is 0 Å². The number of fused-ring (bicyclic) bond motifs is 3. The minimum Gasteiger partial charge on any atom is -0.385 e. The second-order valence-electron chi connectivity index (χ2n) is 10.9. The quantitative estimate of drug-likeness (QED) is 0.484. The molecule has 0 saturated carbocycles. The number of likely N-dealkylation sites (tertiary alicyclic amines) is 1. The molecule has 0 radical (unpaired) electrons. The van der Waals surface area contributed by atoms with Gasteiger partial charge in [-0.3, -0.25) is 9.69 Å². The van der Waals surface area contributed by atoms with E-state index in [0.717, 1.165) is 68.4 Å². The maximum absolute atomic E-state index is 13.5. The van der Waals surface area contributed by atoms with E-state index < -0.39 is 15.3 Å². The van der Waals surface area contributed by atoms with Crippen molar-refractivity contribution in [2.24, 2.45) is 5.92 Å². The lowest BCUT2D eigenvalue weighted by Crippen LogP contribution is -2.40. The average Bonchev–Trinajstić information content (AvgIpc) is 3.20.